The van der Waals surface area contributed by atoms with E-state index in [0.29, 0.717) is 23.5 Å². The number of carbonyl (C=O) groups excluding carboxylic acids is 1. The molecule has 0 aliphatic heterocycles. The highest BCUT2D eigenvalue weighted by Gasteiger charge is 2.46. The van der Waals surface area contributed by atoms with E-state index in [-0.39, 0.29) is 5.69 Å². The number of nitrogens with zero attached hydrogens (tertiary/aromatic N) is 3. The first kappa shape index (κ1) is 13.6. The molecule has 108 valence electrons. The summed E-state index contributed by atoms with van der Waals surface area (Å²) in [7, 11) is 0. The van der Waals surface area contributed by atoms with Gasteiger partial charge in [-0.1, -0.05) is 0 Å². The van der Waals surface area contributed by atoms with Crippen LogP contribution in [0.25, 0.3) is 10.7 Å². The molecule has 1 amide bonds. The Hall–Kier alpha value is -2.35. The van der Waals surface area contributed by atoms with Crippen molar-refractivity contribution in [2.45, 2.75) is 24.8 Å². The van der Waals surface area contributed by atoms with Crippen LogP contribution in [0.4, 0.5) is 0 Å². The Labute approximate surface area is 124 Å². The van der Waals surface area contributed by atoms with Crippen molar-refractivity contribution in [3.63, 3.8) is 0 Å². The Morgan fingerprint density at radius 2 is 2.14 bits per heavy atom. The third-order valence-electron chi connectivity index (χ3n) is 3.49. The molecule has 0 aromatic carbocycles. The summed E-state index contributed by atoms with van der Waals surface area (Å²) < 4.78 is 0. The lowest BCUT2D eigenvalue weighted by Crippen LogP contribution is -2.59. The van der Waals surface area contributed by atoms with Crippen LogP contribution in [-0.2, 0) is 4.79 Å². The molecule has 2 aromatic rings. The van der Waals surface area contributed by atoms with Crippen LogP contribution >= 0.6 is 11.3 Å². The van der Waals surface area contributed by atoms with E-state index in [2.05, 4.69) is 20.3 Å². The molecule has 21 heavy (non-hydrogen) atoms. The van der Waals surface area contributed by atoms with E-state index >= 15 is 0 Å². The standard InChI is InChI=1S/C13H12N4O3S/c18-10(17-13(12(19)20)2-1-3-13)9-7-21-11(16-9)8-6-14-4-5-15-8/h4-7H,1-3H2,(H,17,18)(H,19,20). The van der Waals surface area contributed by atoms with E-state index < -0.39 is 17.4 Å². The lowest BCUT2D eigenvalue weighted by Gasteiger charge is -2.37. The fraction of sp³-hybridized carbons (Fsp3) is 0.308. The van der Waals surface area contributed by atoms with Crippen molar-refractivity contribution in [1.29, 1.82) is 0 Å². The molecule has 0 spiro atoms. The summed E-state index contributed by atoms with van der Waals surface area (Å²) in [6.45, 7) is 0. The van der Waals surface area contributed by atoms with Gasteiger partial charge < -0.3 is 10.4 Å². The minimum absolute atomic E-state index is 0.202. The average molecular weight is 304 g/mol. The van der Waals surface area contributed by atoms with E-state index in [9.17, 15) is 14.7 Å². The van der Waals surface area contributed by atoms with Crippen molar-refractivity contribution in [1.82, 2.24) is 20.3 Å². The number of nitrogens with one attached hydrogen (secondary N) is 1. The number of thiazole rings is 1. The molecule has 0 bridgehead atoms. The molecule has 2 heterocycles. The molecule has 0 saturated heterocycles. The normalized spacial score (nSPS) is 16.0. The van der Waals surface area contributed by atoms with Crippen LogP contribution in [0.5, 0.6) is 0 Å². The molecule has 1 fully saturated rings. The van der Waals surface area contributed by atoms with Gasteiger partial charge in [-0.3, -0.25) is 14.8 Å². The maximum atomic E-state index is 12.1. The Morgan fingerprint density at radius 1 is 1.33 bits per heavy atom. The number of aromatic nitrogens is 3. The first-order valence-electron chi connectivity index (χ1n) is 6.38. The fourth-order valence-electron chi connectivity index (χ4n) is 2.11. The van der Waals surface area contributed by atoms with Crippen molar-refractivity contribution in [3.8, 4) is 10.7 Å². The van der Waals surface area contributed by atoms with Gasteiger partial charge in [-0.15, -0.1) is 11.3 Å². The van der Waals surface area contributed by atoms with Crippen LogP contribution in [-0.4, -0.2) is 37.5 Å². The maximum Gasteiger partial charge on any atom is 0.329 e. The minimum Gasteiger partial charge on any atom is -0.480 e. The van der Waals surface area contributed by atoms with Gasteiger partial charge in [0, 0.05) is 17.8 Å². The Bertz CT molecular complexity index is 682. The number of rotatable bonds is 4. The van der Waals surface area contributed by atoms with Gasteiger partial charge in [0.25, 0.3) is 5.91 Å². The van der Waals surface area contributed by atoms with Crippen LogP contribution in [0.15, 0.2) is 24.0 Å². The Morgan fingerprint density at radius 3 is 2.71 bits per heavy atom. The van der Waals surface area contributed by atoms with E-state index in [1.807, 2.05) is 0 Å². The SMILES string of the molecule is O=C(NC1(C(=O)O)CCC1)c1csc(-c2cnccn2)n1. The zero-order valence-corrected chi connectivity index (χ0v) is 11.8. The monoisotopic (exact) mass is 304 g/mol. The molecule has 2 aromatic heterocycles. The number of carboxylic acids is 1. The Balaban J connectivity index is 1.77. The zero-order chi connectivity index (χ0) is 14.9. The summed E-state index contributed by atoms with van der Waals surface area (Å²) in [5.74, 6) is -1.46. The second-order valence-corrected chi connectivity index (χ2v) is 5.68. The van der Waals surface area contributed by atoms with Gasteiger partial charge >= 0.3 is 5.97 Å². The van der Waals surface area contributed by atoms with Gasteiger partial charge in [0.15, 0.2) is 0 Å². The first-order chi connectivity index (χ1) is 10.1. The molecule has 2 N–H and O–H groups in total. The number of aliphatic carboxylic acids is 1. The maximum absolute atomic E-state index is 12.1. The molecular weight excluding hydrogens is 292 g/mol. The van der Waals surface area contributed by atoms with Crippen LogP contribution in [0, 0.1) is 0 Å². The number of carbonyl (C=O) groups is 2. The summed E-state index contributed by atoms with van der Waals surface area (Å²) in [6.07, 6.45) is 6.37. The second-order valence-electron chi connectivity index (χ2n) is 4.82. The van der Waals surface area contributed by atoms with Gasteiger partial charge in [-0.05, 0) is 19.3 Å². The summed E-state index contributed by atoms with van der Waals surface area (Å²) in [6, 6.07) is 0. The molecule has 0 unspecified atom stereocenters. The molecule has 3 rings (SSSR count). The Kier molecular flexibility index (Phi) is 3.38. The minimum atomic E-state index is -1.13. The van der Waals surface area contributed by atoms with Gasteiger partial charge in [-0.25, -0.2) is 9.78 Å². The van der Waals surface area contributed by atoms with Crippen molar-refractivity contribution in [2.24, 2.45) is 0 Å². The molecule has 8 heteroatoms. The van der Waals surface area contributed by atoms with Crippen molar-refractivity contribution in [2.75, 3.05) is 0 Å². The molecule has 0 atom stereocenters. The molecule has 1 aliphatic carbocycles. The zero-order valence-electron chi connectivity index (χ0n) is 10.9. The highest BCUT2D eigenvalue weighted by molar-refractivity contribution is 7.13. The van der Waals surface area contributed by atoms with E-state index in [1.165, 1.54) is 11.3 Å². The van der Waals surface area contributed by atoms with Gasteiger partial charge in [0.1, 0.15) is 21.9 Å². The van der Waals surface area contributed by atoms with Crippen molar-refractivity contribution >= 4 is 23.2 Å². The van der Waals surface area contributed by atoms with E-state index in [4.69, 9.17) is 0 Å². The third-order valence-corrected chi connectivity index (χ3v) is 4.35. The summed E-state index contributed by atoms with van der Waals surface area (Å²) >= 11 is 1.27. The van der Waals surface area contributed by atoms with Gasteiger partial charge in [-0.2, -0.15) is 0 Å². The van der Waals surface area contributed by atoms with Crippen LogP contribution in [0.2, 0.25) is 0 Å². The molecule has 0 radical (unpaired) electrons. The van der Waals surface area contributed by atoms with Gasteiger partial charge in [0.2, 0.25) is 0 Å². The third kappa shape index (κ3) is 2.49. The molecular formula is C13H12N4O3S. The van der Waals surface area contributed by atoms with Crippen LogP contribution < -0.4 is 5.32 Å². The number of carboxylic acid groups (broad SMARTS) is 1. The van der Waals surface area contributed by atoms with Crippen molar-refractivity contribution < 1.29 is 14.7 Å². The lowest BCUT2D eigenvalue weighted by molar-refractivity contribution is -0.148. The highest BCUT2D eigenvalue weighted by atomic mass is 32.1. The number of hydrogen-bond acceptors (Lipinski definition) is 6. The number of amides is 1. The summed E-state index contributed by atoms with van der Waals surface area (Å²) in [5.41, 5.74) is -0.348. The van der Waals surface area contributed by atoms with E-state index in [1.54, 1.807) is 24.0 Å². The molecule has 1 aliphatic rings. The van der Waals surface area contributed by atoms with E-state index in [0.717, 1.165) is 6.42 Å². The fourth-order valence-corrected chi connectivity index (χ4v) is 2.87. The highest BCUT2D eigenvalue weighted by Crippen LogP contribution is 2.32. The number of hydrogen-bond donors (Lipinski definition) is 2. The van der Waals surface area contributed by atoms with Gasteiger partial charge in [0.05, 0.1) is 6.20 Å². The topological polar surface area (TPSA) is 105 Å². The molecule has 1 saturated carbocycles. The average Bonchev–Trinajstić information content (AvgIpc) is 2.93. The lowest BCUT2D eigenvalue weighted by atomic mass is 9.76. The predicted molar refractivity (Wildman–Crippen MR) is 74.8 cm³/mol. The molecule has 7 nitrogen and oxygen atoms in total. The predicted octanol–water partition coefficient (Wildman–Crippen LogP) is 1.34. The largest absolute Gasteiger partial charge is 0.480 e. The van der Waals surface area contributed by atoms with Crippen molar-refractivity contribution in [3.05, 3.63) is 29.7 Å². The first-order valence-corrected chi connectivity index (χ1v) is 7.26. The summed E-state index contributed by atoms with van der Waals surface area (Å²) in [5, 5.41) is 14.0. The van der Waals surface area contributed by atoms with Crippen LogP contribution in [0.3, 0.4) is 0 Å². The smallest absolute Gasteiger partial charge is 0.329 e. The quantitative estimate of drug-likeness (QED) is 0.883. The van der Waals surface area contributed by atoms with Crippen LogP contribution in [0.1, 0.15) is 29.8 Å². The second kappa shape index (κ2) is 5.21. The summed E-state index contributed by atoms with van der Waals surface area (Å²) in [4.78, 5) is 35.6.